The average molecular weight is 189 g/mol. The van der Waals surface area contributed by atoms with Gasteiger partial charge in [-0.3, -0.25) is 0 Å². The van der Waals surface area contributed by atoms with Gasteiger partial charge in [-0.25, -0.2) is 0 Å². The fraction of sp³-hybridized carbons (Fsp3) is 1.00. The van der Waals surface area contributed by atoms with Crippen LogP contribution in [0.25, 0.3) is 0 Å². The van der Waals surface area contributed by atoms with Crippen LogP contribution in [0, 0.1) is 11.3 Å². The predicted octanol–water partition coefficient (Wildman–Crippen LogP) is 4.22. The van der Waals surface area contributed by atoms with E-state index >= 15 is 0 Å². The predicted molar refractivity (Wildman–Crippen MR) is 55.7 cm³/mol. The van der Waals surface area contributed by atoms with E-state index in [2.05, 4.69) is 20.8 Å². The Kier molecular flexibility index (Phi) is 3.46. The molecule has 0 aliphatic heterocycles. The van der Waals surface area contributed by atoms with E-state index in [0.29, 0.717) is 10.8 Å². The van der Waals surface area contributed by atoms with E-state index in [1.807, 2.05) is 0 Å². The van der Waals surface area contributed by atoms with E-state index < -0.39 is 0 Å². The summed E-state index contributed by atoms with van der Waals surface area (Å²) in [5, 5.41) is 0.453. The molecule has 0 bridgehead atoms. The van der Waals surface area contributed by atoms with Crippen LogP contribution in [0.5, 0.6) is 0 Å². The molecule has 3 atom stereocenters. The highest BCUT2D eigenvalue weighted by atomic mass is 35.5. The molecule has 12 heavy (non-hydrogen) atoms. The molecule has 0 aromatic rings. The van der Waals surface area contributed by atoms with Gasteiger partial charge in [0.2, 0.25) is 0 Å². The van der Waals surface area contributed by atoms with E-state index in [9.17, 15) is 0 Å². The summed E-state index contributed by atoms with van der Waals surface area (Å²) >= 11 is 6.14. The zero-order valence-electron chi connectivity index (χ0n) is 8.57. The first-order valence-corrected chi connectivity index (χ1v) is 5.66. The minimum atomic E-state index is 0.453. The van der Waals surface area contributed by atoms with Crippen molar-refractivity contribution in [3.63, 3.8) is 0 Å². The monoisotopic (exact) mass is 188 g/mol. The minimum absolute atomic E-state index is 0.453. The molecule has 1 heteroatoms. The summed E-state index contributed by atoms with van der Waals surface area (Å²) in [6.45, 7) is 7.07. The molecule has 1 aliphatic rings. The van der Waals surface area contributed by atoms with Crippen molar-refractivity contribution >= 4 is 11.6 Å². The summed E-state index contributed by atoms with van der Waals surface area (Å²) in [5.74, 6) is 0.853. The van der Waals surface area contributed by atoms with Crippen LogP contribution in [0.3, 0.4) is 0 Å². The lowest BCUT2D eigenvalue weighted by atomic mass is 9.75. The molecule has 1 fully saturated rings. The number of hydrogen-bond acceptors (Lipinski definition) is 0. The molecular formula is C11H21Cl. The van der Waals surface area contributed by atoms with Gasteiger partial charge >= 0.3 is 0 Å². The standard InChI is InChI=1S/C11H21Cl/c1-4-5-9(2)11(3)7-6-10(12)8-11/h9-10H,4-8H2,1-3H3. The molecule has 0 radical (unpaired) electrons. The molecule has 1 saturated carbocycles. The smallest absolute Gasteiger partial charge is 0.0341 e. The van der Waals surface area contributed by atoms with Crippen LogP contribution in [0.1, 0.15) is 52.9 Å². The van der Waals surface area contributed by atoms with Crippen LogP contribution in [0.2, 0.25) is 0 Å². The molecule has 0 nitrogen and oxygen atoms in total. The fourth-order valence-electron chi connectivity index (χ4n) is 2.43. The van der Waals surface area contributed by atoms with Crippen LogP contribution in [0.15, 0.2) is 0 Å². The molecule has 1 rings (SSSR count). The van der Waals surface area contributed by atoms with Gasteiger partial charge < -0.3 is 0 Å². The topological polar surface area (TPSA) is 0 Å². The third-order valence-corrected chi connectivity index (χ3v) is 4.00. The molecular weight excluding hydrogens is 168 g/mol. The molecule has 0 spiro atoms. The maximum absolute atomic E-state index is 6.14. The maximum atomic E-state index is 6.14. The fourth-order valence-corrected chi connectivity index (χ4v) is 2.89. The van der Waals surface area contributed by atoms with Crippen LogP contribution in [-0.4, -0.2) is 5.38 Å². The van der Waals surface area contributed by atoms with Crippen LogP contribution in [0.4, 0.5) is 0 Å². The Bertz CT molecular complexity index is 144. The third-order valence-electron chi connectivity index (χ3n) is 3.63. The molecule has 0 amide bonds. The lowest BCUT2D eigenvalue weighted by molar-refractivity contribution is 0.197. The highest BCUT2D eigenvalue weighted by Crippen LogP contribution is 2.47. The SMILES string of the molecule is CCCC(C)C1(C)CCC(Cl)C1. The molecule has 0 aromatic carbocycles. The van der Waals surface area contributed by atoms with Crippen molar-refractivity contribution in [2.75, 3.05) is 0 Å². The second-order valence-electron chi connectivity index (χ2n) is 4.68. The van der Waals surface area contributed by atoms with Gasteiger partial charge in [0, 0.05) is 5.38 Å². The second kappa shape index (κ2) is 4.00. The number of hydrogen-bond donors (Lipinski definition) is 0. The molecule has 1 aliphatic carbocycles. The summed E-state index contributed by atoms with van der Waals surface area (Å²) in [7, 11) is 0. The molecule has 0 heterocycles. The molecule has 3 unspecified atom stereocenters. The lowest BCUT2D eigenvalue weighted by Crippen LogP contribution is -2.22. The Morgan fingerprint density at radius 2 is 2.25 bits per heavy atom. The summed E-state index contributed by atoms with van der Waals surface area (Å²) in [4.78, 5) is 0. The molecule has 0 N–H and O–H groups in total. The van der Waals surface area contributed by atoms with E-state index in [4.69, 9.17) is 11.6 Å². The third kappa shape index (κ3) is 2.16. The van der Waals surface area contributed by atoms with Crippen molar-refractivity contribution in [2.24, 2.45) is 11.3 Å². The quantitative estimate of drug-likeness (QED) is 0.582. The largest absolute Gasteiger partial charge is 0.123 e. The van der Waals surface area contributed by atoms with E-state index in [1.165, 1.54) is 32.1 Å². The second-order valence-corrected chi connectivity index (χ2v) is 5.30. The van der Waals surface area contributed by atoms with Crippen molar-refractivity contribution in [3.05, 3.63) is 0 Å². The van der Waals surface area contributed by atoms with Gasteiger partial charge in [-0.2, -0.15) is 0 Å². The summed E-state index contributed by atoms with van der Waals surface area (Å²) in [5.41, 5.74) is 0.544. The van der Waals surface area contributed by atoms with Gasteiger partial charge in [-0.15, -0.1) is 11.6 Å². The van der Waals surface area contributed by atoms with E-state index in [1.54, 1.807) is 0 Å². The van der Waals surface area contributed by atoms with Gasteiger partial charge in [-0.05, 0) is 30.6 Å². The first-order valence-electron chi connectivity index (χ1n) is 5.22. The maximum Gasteiger partial charge on any atom is 0.0341 e. The van der Waals surface area contributed by atoms with Crippen molar-refractivity contribution in [1.82, 2.24) is 0 Å². The average Bonchev–Trinajstić information content (AvgIpc) is 2.33. The van der Waals surface area contributed by atoms with Gasteiger partial charge in [0.1, 0.15) is 0 Å². The zero-order valence-corrected chi connectivity index (χ0v) is 9.32. The first kappa shape index (κ1) is 10.4. The van der Waals surface area contributed by atoms with Gasteiger partial charge in [-0.1, -0.05) is 33.6 Å². The Balaban J connectivity index is 2.48. The van der Waals surface area contributed by atoms with Gasteiger partial charge in [0.15, 0.2) is 0 Å². The number of alkyl halides is 1. The van der Waals surface area contributed by atoms with Crippen molar-refractivity contribution in [3.8, 4) is 0 Å². The van der Waals surface area contributed by atoms with Gasteiger partial charge in [0.05, 0.1) is 0 Å². The molecule has 72 valence electrons. The lowest BCUT2D eigenvalue weighted by Gasteiger charge is -2.31. The van der Waals surface area contributed by atoms with Crippen molar-refractivity contribution < 1.29 is 0 Å². The van der Waals surface area contributed by atoms with Crippen LogP contribution < -0.4 is 0 Å². The van der Waals surface area contributed by atoms with Crippen molar-refractivity contribution in [2.45, 2.75) is 58.3 Å². The number of rotatable bonds is 3. The Labute approximate surface area is 81.7 Å². The van der Waals surface area contributed by atoms with Crippen LogP contribution >= 0.6 is 11.6 Å². The molecule has 0 aromatic heterocycles. The molecule has 0 saturated heterocycles. The zero-order chi connectivity index (χ0) is 9.19. The van der Waals surface area contributed by atoms with Crippen molar-refractivity contribution in [1.29, 1.82) is 0 Å². The minimum Gasteiger partial charge on any atom is -0.123 e. The van der Waals surface area contributed by atoms with E-state index in [0.717, 1.165) is 5.92 Å². The Hall–Kier alpha value is 0.290. The number of halogens is 1. The van der Waals surface area contributed by atoms with Gasteiger partial charge in [0.25, 0.3) is 0 Å². The summed E-state index contributed by atoms with van der Waals surface area (Å²) in [6, 6.07) is 0. The summed E-state index contributed by atoms with van der Waals surface area (Å²) in [6.07, 6.45) is 6.47. The Morgan fingerprint density at radius 1 is 1.58 bits per heavy atom. The van der Waals surface area contributed by atoms with E-state index in [-0.39, 0.29) is 0 Å². The highest BCUT2D eigenvalue weighted by molar-refractivity contribution is 6.20. The normalized spacial score (nSPS) is 38.5. The summed E-state index contributed by atoms with van der Waals surface area (Å²) < 4.78 is 0. The highest BCUT2D eigenvalue weighted by Gasteiger charge is 2.37. The first-order chi connectivity index (χ1) is 5.58. The Morgan fingerprint density at radius 3 is 2.67 bits per heavy atom. The van der Waals surface area contributed by atoms with Crippen LogP contribution in [-0.2, 0) is 0 Å².